The summed E-state index contributed by atoms with van der Waals surface area (Å²) in [7, 11) is 0. The first kappa shape index (κ1) is 32.5. The number of benzene rings is 9. The minimum absolute atomic E-state index is 0.384. The summed E-state index contributed by atoms with van der Waals surface area (Å²) in [5.74, 6) is 1.41. The fourth-order valence-corrected chi connectivity index (χ4v) is 8.83. The van der Waals surface area contributed by atoms with E-state index >= 15 is 0 Å². The standard InChI is InChI=1S/C53H34N4O/c1-3-13-33(14-4-1)34-23-25-37(26-24-34)52-54-51(36-16-5-2-6-17-36)55-53(56-52)45-31-40(32-48-49(45)43-28-27-35-15-9-10-20-41(35)50(43)58-48)57-46-22-12-11-21-42(46)44-29-38-18-7-8-19-39(38)30-47(44)57/h1-32,52H,(H,54,55,56). The number of hydrogen-bond acceptors (Lipinski definition) is 4. The molecular weight excluding hydrogens is 709 g/mol. The molecule has 0 saturated heterocycles. The molecule has 5 nitrogen and oxygen atoms in total. The molecule has 0 bridgehead atoms. The summed E-state index contributed by atoms with van der Waals surface area (Å²) >= 11 is 0. The van der Waals surface area contributed by atoms with Crippen molar-refractivity contribution in [2.75, 3.05) is 0 Å². The van der Waals surface area contributed by atoms with Gasteiger partial charge in [-0.05, 0) is 63.2 Å². The van der Waals surface area contributed by atoms with Gasteiger partial charge in [-0.2, -0.15) is 0 Å². The molecule has 9 aromatic carbocycles. The molecule has 0 aliphatic carbocycles. The van der Waals surface area contributed by atoms with Crippen LogP contribution in [0.2, 0.25) is 0 Å². The van der Waals surface area contributed by atoms with Crippen LogP contribution in [0.5, 0.6) is 0 Å². The zero-order valence-electron chi connectivity index (χ0n) is 31.3. The number of hydrogen-bond donors (Lipinski definition) is 1. The fraction of sp³-hybridized carbons (Fsp3) is 0.0189. The van der Waals surface area contributed by atoms with Crippen LogP contribution in [0.3, 0.4) is 0 Å². The van der Waals surface area contributed by atoms with E-state index in [0.29, 0.717) is 5.84 Å². The van der Waals surface area contributed by atoms with Crippen LogP contribution >= 0.6 is 0 Å². The van der Waals surface area contributed by atoms with Crippen LogP contribution in [0.15, 0.2) is 209 Å². The van der Waals surface area contributed by atoms with Crippen molar-refractivity contribution in [2.24, 2.45) is 9.98 Å². The second-order valence-electron chi connectivity index (χ2n) is 15.0. The zero-order valence-corrected chi connectivity index (χ0v) is 31.3. The lowest BCUT2D eigenvalue weighted by Crippen LogP contribution is -2.33. The Balaban J connectivity index is 1.12. The first-order valence-electron chi connectivity index (χ1n) is 19.7. The van der Waals surface area contributed by atoms with E-state index in [0.717, 1.165) is 77.5 Å². The molecule has 2 aromatic heterocycles. The van der Waals surface area contributed by atoms with Crippen molar-refractivity contribution >= 4 is 77.0 Å². The summed E-state index contributed by atoms with van der Waals surface area (Å²) in [6, 6.07) is 68.6. The molecule has 5 heteroatoms. The normalized spacial score (nSPS) is 14.4. The van der Waals surface area contributed by atoms with Crippen molar-refractivity contribution in [1.82, 2.24) is 9.88 Å². The van der Waals surface area contributed by atoms with Crippen molar-refractivity contribution in [3.8, 4) is 16.8 Å². The van der Waals surface area contributed by atoms with E-state index in [4.69, 9.17) is 14.4 Å². The van der Waals surface area contributed by atoms with Crippen molar-refractivity contribution < 1.29 is 4.42 Å². The predicted octanol–water partition coefficient (Wildman–Crippen LogP) is 13.2. The van der Waals surface area contributed by atoms with Crippen LogP contribution in [0.1, 0.15) is 22.9 Å². The average molecular weight is 743 g/mol. The molecule has 0 radical (unpaired) electrons. The van der Waals surface area contributed by atoms with Gasteiger partial charge < -0.3 is 14.3 Å². The third-order valence-electron chi connectivity index (χ3n) is 11.6. The number of nitrogens with one attached hydrogen (secondary N) is 1. The minimum Gasteiger partial charge on any atom is -0.455 e. The molecule has 0 fully saturated rings. The molecule has 0 spiro atoms. The van der Waals surface area contributed by atoms with Crippen LogP contribution in [0, 0.1) is 0 Å². The largest absolute Gasteiger partial charge is 0.455 e. The number of furan rings is 1. The summed E-state index contributed by atoms with van der Waals surface area (Å²) in [4.78, 5) is 10.6. The third-order valence-corrected chi connectivity index (χ3v) is 11.6. The Hall–Kier alpha value is -7.76. The van der Waals surface area contributed by atoms with Gasteiger partial charge in [0.25, 0.3) is 0 Å². The van der Waals surface area contributed by atoms with Gasteiger partial charge in [0.05, 0.1) is 16.7 Å². The van der Waals surface area contributed by atoms with Crippen LogP contribution in [-0.4, -0.2) is 16.2 Å². The maximum absolute atomic E-state index is 6.98. The Labute approximate surface area is 333 Å². The Kier molecular flexibility index (Phi) is 7.23. The first-order valence-corrected chi connectivity index (χ1v) is 19.7. The maximum atomic E-state index is 6.98. The highest BCUT2D eigenvalue weighted by molar-refractivity contribution is 6.25. The summed E-state index contributed by atoms with van der Waals surface area (Å²) in [6.45, 7) is 0. The summed E-state index contributed by atoms with van der Waals surface area (Å²) in [5.41, 5.74) is 10.2. The van der Waals surface area contributed by atoms with Gasteiger partial charge in [0.1, 0.15) is 23.2 Å². The molecule has 272 valence electrons. The average Bonchev–Trinajstić information content (AvgIpc) is 3.84. The number of para-hydroxylation sites is 1. The van der Waals surface area contributed by atoms with E-state index in [1.165, 1.54) is 27.1 Å². The molecule has 0 amide bonds. The molecule has 12 rings (SSSR count). The summed E-state index contributed by atoms with van der Waals surface area (Å²) in [6.07, 6.45) is -0.384. The molecule has 58 heavy (non-hydrogen) atoms. The lowest BCUT2D eigenvalue weighted by atomic mass is 10.00. The molecule has 1 unspecified atom stereocenters. The van der Waals surface area contributed by atoms with Gasteiger partial charge in [-0.1, -0.05) is 158 Å². The second kappa shape index (κ2) is 12.9. The van der Waals surface area contributed by atoms with Gasteiger partial charge in [0, 0.05) is 44.1 Å². The Morgan fingerprint density at radius 1 is 0.483 bits per heavy atom. The SMILES string of the molecule is c1ccc(C2=NC(c3ccc(-c4ccccc4)cc3)NC(c3cc(-n4c5ccccc5c5cc6ccccc6cc54)cc4oc5c6ccccc6ccc5c34)=N2)cc1. The van der Waals surface area contributed by atoms with E-state index in [2.05, 4.69) is 180 Å². The quantitative estimate of drug-likeness (QED) is 0.191. The lowest BCUT2D eigenvalue weighted by molar-refractivity contribution is 0.670. The second-order valence-corrected chi connectivity index (χ2v) is 15.0. The van der Waals surface area contributed by atoms with E-state index in [1.54, 1.807) is 0 Å². The highest BCUT2D eigenvalue weighted by Gasteiger charge is 2.26. The van der Waals surface area contributed by atoms with Gasteiger partial charge >= 0.3 is 0 Å². The van der Waals surface area contributed by atoms with Crippen LogP contribution in [-0.2, 0) is 0 Å². The van der Waals surface area contributed by atoms with E-state index in [9.17, 15) is 0 Å². The number of fused-ring (bicyclic) bond motifs is 9. The van der Waals surface area contributed by atoms with Crippen LogP contribution < -0.4 is 5.32 Å². The minimum atomic E-state index is -0.384. The van der Waals surface area contributed by atoms with Gasteiger partial charge in [-0.15, -0.1) is 0 Å². The van der Waals surface area contributed by atoms with E-state index in [1.807, 2.05) is 24.3 Å². The number of nitrogens with zero attached hydrogens (tertiary/aromatic N) is 3. The highest BCUT2D eigenvalue weighted by Crippen LogP contribution is 2.41. The number of aliphatic imine (C=N–C) groups is 2. The zero-order chi connectivity index (χ0) is 38.2. The molecule has 3 heterocycles. The van der Waals surface area contributed by atoms with Gasteiger partial charge in [0.2, 0.25) is 0 Å². The van der Waals surface area contributed by atoms with Crippen molar-refractivity contribution in [3.05, 3.63) is 211 Å². The van der Waals surface area contributed by atoms with Gasteiger partial charge in [-0.25, -0.2) is 9.98 Å². The van der Waals surface area contributed by atoms with Crippen molar-refractivity contribution in [3.63, 3.8) is 0 Å². The van der Waals surface area contributed by atoms with Crippen molar-refractivity contribution in [2.45, 2.75) is 6.17 Å². The Morgan fingerprint density at radius 2 is 1.14 bits per heavy atom. The number of amidine groups is 2. The van der Waals surface area contributed by atoms with E-state index < -0.39 is 0 Å². The Morgan fingerprint density at radius 3 is 1.93 bits per heavy atom. The third kappa shape index (κ3) is 5.17. The molecule has 0 saturated carbocycles. The molecule has 1 atom stereocenters. The number of aromatic nitrogens is 1. The molecule has 1 aliphatic rings. The fourth-order valence-electron chi connectivity index (χ4n) is 8.83. The maximum Gasteiger partial charge on any atom is 0.159 e. The topological polar surface area (TPSA) is 54.8 Å². The monoisotopic (exact) mass is 742 g/mol. The van der Waals surface area contributed by atoms with E-state index in [-0.39, 0.29) is 6.17 Å². The number of rotatable bonds is 5. The summed E-state index contributed by atoms with van der Waals surface area (Å²) < 4.78 is 9.36. The first-order chi connectivity index (χ1) is 28.7. The van der Waals surface area contributed by atoms with Crippen molar-refractivity contribution in [1.29, 1.82) is 0 Å². The molecular formula is C53H34N4O. The van der Waals surface area contributed by atoms with Crippen LogP contribution in [0.4, 0.5) is 0 Å². The summed E-state index contributed by atoms with van der Waals surface area (Å²) in [5, 5.41) is 12.9. The predicted molar refractivity (Wildman–Crippen MR) is 240 cm³/mol. The van der Waals surface area contributed by atoms with Gasteiger partial charge in [-0.3, -0.25) is 0 Å². The van der Waals surface area contributed by atoms with Crippen LogP contribution in [0.25, 0.3) is 82.1 Å². The Bertz CT molecular complexity index is 3470. The molecule has 11 aromatic rings. The van der Waals surface area contributed by atoms with Gasteiger partial charge in [0.15, 0.2) is 5.84 Å². The lowest BCUT2D eigenvalue weighted by Gasteiger charge is -2.24. The molecule has 1 aliphatic heterocycles. The molecule has 1 N–H and O–H groups in total. The smallest absolute Gasteiger partial charge is 0.159 e. The highest BCUT2D eigenvalue weighted by atomic mass is 16.3.